The van der Waals surface area contributed by atoms with Crippen LogP contribution in [-0.2, 0) is 20.6 Å². The van der Waals surface area contributed by atoms with Crippen LogP contribution in [0.25, 0.3) is 0 Å². The molecule has 0 unspecified atom stereocenters. The normalized spacial score (nSPS) is 30.7. The maximum absolute atomic E-state index is 5.73. The van der Waals surface area contributed by atoms with E-state index in [0.717, 1.165) is 19.8 Å². The molecule has 3 heterocycles. The number of hydrogen-bond donors (Lipinski definition) is 0. The molecule has 0 aromatic heterocycles. The lowest BCUT2D eigenvalue weighted by Crippen LogP contribution is -2.55. The second kappa shape index (κ2) is 4.34. The molecule has 18 heavy (non-hydrogen) atoms. The Labute approximate surface area is 108 Å². The molecule has 3 saturated heterocycles. The molecule has 2 bridgehead atoms. The molecule has 0 amide bonds. The maximum atomic E-state index is 5.73. The molecule has 98 valence electrons. The standard InChI is InChI=1S/C15H20O3/c1-10-4-13(5-11(2)12(10)3)6-15-16-7-14(8-17-15)9-18-15/h4-5,14H,6-9H2,1-3H3. The van der Waals surface area contributed by atoms with E-state index < -0.39 is 5.97 Å². The zero-order chi connectivity index (χ0) is 12.8. The van der Waals surface area contributed by atoms with Crippen molar-refractivity contribution in [1.29, 1.82) is 0 Å². The topological polar surface area (TPSA) is 27.7 Å². The molecule has 3 nitrogen and oxygen atoms in total. The molecule has 3 heteroatoms. The van der Waals surface area contributed by atoms with Gasteiger partial charge in [-0.1, -0.05) is 12.1 Å². The molecule has 0 N–H and O–H groups in total. The summed E-state index contributed by atoms with van der Waals surface area (Å²) < 4.78 is 17.2. The molecule has 1 aromatic rings. The van der Waals surface area contributed by atoms with Crippen molar-refractivity contribution in [2.24, 2.45) is 5.92 Å². The van der Waals surface area contributed by atoms with Crippen molar-refractivity contribution in [2.45, 2.75) is 33.2 Å². The molecule has 0 atom stereocenters. The Morgan fingerprint density at radius 1 is 1.00 bits per heavy atom. The minimum atomic E-state index is -0.830. The quantitative estimate of drug-likeness (QED) is 0.805. The fourth-order valence-corrected chi connectivity index (χ4v) is 2.63. The van der Waals surface area contributed by atoms with E-state index in [1.54, 1.807) is 0 Å². The van der Waals surface area contributed by atoms with Gasteiger partial charge in [-0.25, -0.2) is 0 Å². The second-order valence-corrected chi connectivity index (χ2v) is 5.51. The van der Waals surface area contributed by atoms with Crippen molar-refractivity contribution in [3.05, 3.63) is 34.4 Å². The fourth-order valence-electron chi connectivity index (χ4n) is 2.63. The van der Waals surface area contributed by atoms with E-state index in [1.165, 1.54) is 22.3 Å². The first-order chi connectivity index (χ1) is 8.58. The molecule has 3 fully saturated rings. The monoisotopic (exact) mass is 248 g/mol. The molecule has 0 saturated carbocycles. The lowest BCUT2D eigenvalue weighted by atomic mass is 9.98. The summed E-state index contributed by atoms with van der Waals surface area (Å²) in [4.78, 5) is 0. The van der Waals surface area contributed by atoms with Crippen molar-refractivity contribution in [3.8, 4) is 0 Å². The minimum absolute atomic E-state index is 0.411. The zero-order valence-electron chi connectivity index (χ0n) is 11.3. The van der Waals surface area contributed by atoms with Gasteiger partial charge in [0, 0.05) is 5.92 Å². The predicted octanol–water partition coefficient (Wildman–Crippen LogP) is 2.50. The first-order valence-electron chi connectivity index (χ1n) is 6.56. The van der Waals surface area contributed by atoms with E-state index in [0.29, 0.717) is 12.3 Å². The molecular formula is C15H20O3. The number of fused-ring (bicyclic) bond motifs is 3. The first kappa shape index (κ1) is 12.2. The van der Waals surface area contributed by atoms with Crippen molar-refractivity contribution < 1.29 is 14.2 Å². The van der Waals surface area contributed by atoms with Crippen LogP contribution in [0.3, 0.4) is 0 Å². The van der Waals surface area contributed by atoms with Crippen LogP contribution in [-0.4, -0.2) is 25.8 Å². The Morgan fingerprint density at radius 3 is 2.00 bits per heavy atom. The maximum Gasteiger partial charge on any atom is 0.287 e. The van der Waals surface area contributed by atoms with Gasteiger partial charge in [0.25, 0.3) is 5.97 Å². The van der Waals surface area contributed by atoms with Crippen molar-refractivity contribution in [1.82, 2.24) is 0 Å². The van der Waals surface area contributed by atoms with Gasteiger partial charge in [0.2, 0.25) is 0 Å². The van der Waals surface area contributed by atoms with Gasteiger partial charge < -0.3 is 14.2 Å². The summed E-state index contributed by atoms with van der Waals surface area (Å²) in [6.07, 6.45) is 0.668. The van der Waals surface area contributed by atoms with E-state index in [-0.39, 0.29) is 0 Å². The van der Waals surface area contributed by atoms with E-state index in [1.807, 2.05) is 0 Å². The predicted molar refractivity (Wildman–Crippen MR) is 68.4 cm³/mol. The minimum Gasteiger partial charge on any atom is -0.327 e. The number of ether oxygens (including phenoxy) is 3. The number of aryl methyl sites for hydroxylation is 2. The zero-order valence-corrected chi connectivity index (χ0v) is 11.3. The van der Waals surface area contributed by atoms with Crippen LogP contribution in [0.1, 0.15) is 22.3 Å². The van der Waals surface area contributed by atoms with Crippen LogP contribution in [0.15, 0.2) is 12.1 Å². The van der Waals surface area contributed by atoms with Gasteiger partial charge in [0.1, 0.15) is 0 Å². The number of benzene rings is 1. The lowest BCUT2D eigenvalue weighted by Gasteiger charge is -2.45. The van der Waals surface area contributed by atoms with Crippen LogP contribution in [0, 0.1) is 26.7 Å². The van der Waals surface area contributed by atoms with Crippen molar-refractivity contribution in [2.75, 3.05) is 19.8 Å². The van der Waals surface area contributed by atoms with Gasteiger partial charge in [-0.15, -0.1) is 0 Å². The number of rotatable bonds is 2. The van der Waals surface area contributed by atoms with Crippen LogP contribution in [0.5, 0.6) is 0 Å². The van der Waals surface area contributed by atoms with Crippen molar-refractivity contribution in [3.63, 3.8) is 0 Å². The van der Waals surface area contributed by atoms with E-state index in [4.69, 9.17) is 14.2 Å². The first-order valence-corrected chi connectivity index (χ1v) is 6.56. The van der Waals surface area contributed by atoms with Gasteiger partial charge in [-0.2, -0.15) is 0 Å². The Morgan fingerprint density at radius 2 is 1.50 bits per heavy atom. The van der Waals surface area contributed by atoms with Crippen LogP contribution in [0.4, 0.5) is 0 Å². The van der Waals surface area contributed by atoms with Gasteiger partial charge in [0.05, 0.1) is 26.2 Å². The van der Waals surface area contributed by atoms with E-state index >= 15 is 0 Å². The Bertz CT molecular complexity index is 422. The lowest BCUT2D eigenvalue weighted by molar-refractivity contribution is -0.447. The summed E-state index contributed by atoms with van der Waals surface area (Å²) in [6, 6.07) is 4.40. The smallest absolute Gasteiger partial charge is 0.287 e. The highest BCUT2D eigenvalue weighted by atomic mass is 16.9. The van der Waals surface area contributed by atoms with Crippen LogP contribution >= 0.6 is 0 Å². The van der Waals surface area contributed by atoms with Crippen LogP contribution < -0.4 is 0 Å². The third-order valence-corrected chi connectivity index (χ3v) is 4.02. The third kappa shape index (κ3) is 2.07. The Hall–Kier alpha value is -0.900. The molecule has 0 aliphatic carbocycles. The Balaban J connectivity index is 1.84. The highest BCUT2D eigenvalue weighted by Gasteiger charge is 2.44. The number of hydrogen-bond acceptors (Lipinski definition) is 3. The van der Waals surface area contributed by atoms with E-state index in [2.05, 4.69) is 32.9 Å². The molecule has 3 aliphatic heterocycles. The average molecular weight is 248 g/mol. The van der Waals surface area contributed by atoms with Crippen molar-refractivity contribution >= 4 is 0 Å². The molecule has 0 spiro atoms. The van der Waals surface area contributed by atoms with E-state index in [9.17, 15) is 0 Å². The second-order valence-electron chi connectivity index (χ2n) is 5.51. The summed E-state index contributed by atoms with van der Waals surface area (Å²) in [7, 11) is 0. The van der Waals surface area contributed by atoms with Crippen LogP contribution in [0.2, 0.25) is 0 Å². The molecular weight excluding hydrogens is 228 g/mol. The highest BCUT2D eigenvalue weighted by Crippen LogP contribution is 2.33. The fraction of sp³-hybridized carbons (Fsp3) is 0.600. The van der Waals surface area contributed by atoms with Gasteiger partial charge >= 0.3 is 0 Å². The molecule has 1 aromatic carbocycles. The summed E-state index contributed by atoms with van der Waals surface area (Å²) in [5, 5.41) is 0. The van der Waals surface area contributed by atoms with Gasteiger partial charge in [-0.05, 0) is 43.0 Å². The molecule has 3 aliphatic rings. The molecule has 0 radical (unpaired) electrons. The highest BCUT2D eigenvalue weighted by molar-refractivity contribution is 5.37. The van der Waals surface area contributed by atoms with Gasteiger partial charge in [0.15, 0.2) is 0 Å². The summed E-state index contributed by atoms with van der Waals surface area (Å²) in [5.41, 5.74) is 5.19. The largest absolute Gasteiger partial charge is 0.327 e. The SMILES string of the molecule is Cc1cc(CC23OCC(CO2)CO3)cc(C)c1C. The third-order valence-electron chi connectivity index (χ3n) is 4.02. The molecule has 4 rings (SSSR count). The average Bonchev–Trinajstić information content (AvgIpc) is 2.37. The summed E-state index contributed by atoms with van der Waals surface area (Å²) in [6.45, 7) is 8.70. The summed E-state index contributed by atoms with van der Waals surface area (Å²) in [5.74, 6) is -0.420. The van der Waals surface area contributed by atoms with Gasteiger partial charge in [-0.3, -0.25) is 0 Å². The summed E-state index contributed by atoms with van der Waals surface area (Å²) >= 11 is 0. The Kier molecular flexibility index (Phi) is 2.93.